The standard InChI is InChI=1S/C21H18F3NO5S/c1-29-16-8-10-17(11-9-16)31(27,28)19(18-3-2-12-30-18)13-25-20(26)14-4-6-15(7-5-14)21(22,23)24/h2-12,19H,13H2,1H3,(H,25,26)/t19-/m0/s1. The monoisotopic (exact) mass is 453 g/mol. The lowest BCUT2D eigenvalue weighted by Crippen LogP contribution is -2.31. The van der Waals surface area contributed by atoms with Gasteiger partial charge in [-0.15, -0.1) is 0 Å². The summed E-state index contributed by atoms with van der Waals surface area (Å²) in [5.74, 6) is -0.122. The van der Waals surface area contributed by atoms with Gasteiger partial charge in [0.1, 0.15) is 16.8 Å². The summed E-state index contributed by atoms with van der Waals surface area (Å²) in [6.07, 6.45) is -3.21. The number of benzene rings is 2. The highest BCUT2D eigenvalue weighted by Gasteiger charge is 2.33. The summed E-state index contributed by atoms with van der Waals surface area (Å²) in [5, 5.41) is 1.22. The Morgan fingerprint density at radius 2 is 1.71 bits per heavy atom. The second-order valence-corrected chi connectivity index (χ2v) is 8.64. The molecule has 3 aromatic rings. The number of carbonyl (C=O) groups is 1. The molecule has 0 unspecified atom stereocenters. The molecule has 2 aromatic carbocycles. The molecule has 164 valence electrons. The van der Waals surface area contributed by atoms with E-state index in [2.05, 4.69) is 5.32 Å². The maximum Gasteiger partial charge on any atom is 0.416 e. The number of rotatable bonds is 7. The van der Waals surface area contributed by atoms with E-state index in [0.29, 0.717) is 5.75 Å². The fourth-order valence-corrected chi connectivity index (χ4v) is 4.45. The van der Waals surface area contributed by atoms with Gasteiger partial charge in [0, 0.05) is 12.1 Å². The summed E-state index contributed by atoms with van der Waals surface area (Å²) in [6.45, 7) is -0.346. The van der Waals surface area contributed by atoms with Crippen LogP contribution in [-0.4, -0.2) is 28.0 Å². The average Bonchev–Trinajstić information content (AvgIpc) is 3.27. The lowest BCUT2D eigenvalue weighted by molar-refractivity contribution is -0.137. The van der Waals surface area contributed by atoms with Crippen molar-refractivity contribution < 1.29 is 35.5 Å². The SMILES string of the molecule is COc1ccc(S(=O)(=O)[C@@H](CNC(=O)c2ccc(C(F)(F)F)cc2)c2ccco2)cc1. The number of furan rings is 1. The van der Waals surface area contributed by atoms with E-state index < -0.39 is 32.7 Å². The molecule has 1 amide bonds. The van der Waals surface area contributed by atoms with Gasteiger partial charge in [0.05, 0.1) is 23.8 Å². The number of methoxy groups -OCH3 is 1. The number of carbonyl (C=O) groups excluding carboxylic acids is 1. The molecule has 10 heteroatoms. The lowest BCUT2D eigenvalue weighted by Gasteiger charge is -2.17. The summed E-state index contributed by atoms with van der Waals surface area (Å²) in [4.78, 5) is 12.4. The number of halogens is 3. The Bertz CT molecular complexity index is 1120. The van der Waals surface area contributed by atoms with Crippen LogP contribution in [0.4, 0.5) is 13.2 Å². The second-order valence-electron chi connectivity index (χ2n) is 6.51. The zero-order valence-corrected chi connectivity index (χ0v) is 17.0. The topological polar surface area (TPSA) is 85.6 Å². The number of nitrogens with one attached hydrogen (secondary N) is 1. The number of sulfone groups is 1. The van der Waals surface area contributed by atoms with Gasteiger partial charge in [-0.25, -0.2) is 8.42 Å². The zero-order chi connectivity index (χ0) is 22.6. The molecule has 0 aliphatic carbocycles. The van der Waals surface area contributed by atoms with Crippen LogP contribution in [0.5, 0.6) is 5.75 Å². The molecule has 0 spiro atoms. The molecular formula is C21H18F3NO5S. The van der Waals surface area contributed by atoms with Crippen LogP contribution in [0, 0.1) is 0 Å². The minimum atomic E-state index is -4.52. The summed E-state index contributed by atoms with van der Waals surface area (Å²) < 4.78 is 74.7. The van der Waals surface area contributed by atoms with Crippen molar-refractivity contribution in [2.45, 2.75) is 16.3 Å². The van der Waals surface area contributed by atoms with Gasteiger partial charge < -0.3 is 14.5 Å². The minimum absolute atomic E-state index is 0.00141. The van der Waals surface area contributed by atoms with Crippen molar-refractivity contribution in [3.8, 4) is 5.75 Å². The highest BCUT2D eigenvalue weighted by Crippen LogP contribution is 2.31. The van der Waals surface area contributed by atoms with Gasteiger partial charge in [-0.2, -0.15) is 13.2 Å². The van der Waals surface area contributed by atoms with Crippen molar-refractivity contribution in [2.75, 3.05) is 13.7 Å². The summed E-state index contributed by atoms with van der Waals surface area (Å²) in [7, 11) is -2.52. The molecule has 0 aliphatic rings. The first-order valence-corrected chi connectivity index (χ1v) is 10.5. The Morgan fingerprint density at radius 1 is 1.06 bits per heavy atom. The van der Waals surface area contributed by atoms with E-state index in [1.807, 2.05) is 0 Å². The van der Waals surface area contributed by atoms with Gasteiger partial charge in [-0.05, 0) is 60.7 Å². The van der Waals surface area contributed by atoms with Gasteiger partial charge >= 0.3 is 6.18 Å². The molecule has 0 aliphatic heterocycles. The smallest absolute Gasteiger partial charge is 0.416 e. The zero-order valence-electron chi connectivity index (χ0n) is 16.2. The molecule has 1 atom stereocenters. The molecule has 0 radical (unpaired) electrons. The van der Waals surface area contributed by atoms with Crippen LogP contribution in [0.25, 0.3) is 0 Å². The van der Waals surface area contributed by atoms with E-state index in [9.17, 15) is 26.4 Å². The summed E-state index contributed by atoms with van der Waals surface area (Å²) in [6, 6.07) is 12.3. The van der Waals surface area contributed by atoms with Crippen molar-refractivity contribution in [2.24, 2.45) is 0 Å². The Hall–Kier alpha value is -3.27. The molecule has 1 heterocycles. The highest BCUT2D eigenvalue weighted by atomic mass is 32.2. The predicted octanol–water partition coefficient (Wildman–Crippen LogP) is 4.25. The van der Waals surface area contributed by atoms with Crippen LogP contribution in [0.3, 0.4) is 0 Å². The van der Waals surface area contributed by atoms with Gasteiger partial charge in [0.15, 0.2) is 9.84 Å². The molecule has 1 aromatic heterocycles. The van der Waals surface area contributed by atoms with Crippen LogP contribution in [-0.2, 0) is 16.0 Å². The molecule has 1 N–H and O–H groups in total. The van der Waals surface area contributed by atoms with Crippen molar-refractivity contribution >= 4 is 15.7 Å². The predicted molar refractivity (Wildman–Crippen MR) is 105 cm³/mol. The summed E-state index contributed by atoms with van der Waals surface area (Å²) in [5.41, 5.74) is -0.923. The molecule has 0 saturated carbocycles. The number of hydrogen-bond donors (Lipinski definition) is 1. The molecule has 0 bridgehead atoms. The van der Waals surface area contributed by atoms with Crippen molar-refractivity contribution in [1.29, 1.82) is 0 Å². The van der Waals surface area contributed by atoms with Crippen LogP contribution < -0.4 is 10.1 Å². The molecule has 3 rings (SSSR count). The maximum atomic E-state index is 13.2. The third kappa shape index (κ3) is 5.08. The lowest BCUT2D eigenvalue weighted by atomic mass is 10.1. The molecular weight excluding hydrogens is 435 g/mol. The van der Waals surface area contributed by atoms with Gasteiger partial charge in [0.2, 0.25) is 0 Å². The fraction of sp³-hybridized carbons (Fsp3) is 0.190. The first-order chi connectivity index (χ1) is 14.6. The van der Waals surface area contributed by atoms with E-state index >= 15 is 0 Å². The van der Waals surface area contributed by atoms with Crippen molar-refractivity contribution in [3.63, 3.8) is 0 Å². The number of amides is 1. The first kappa shape index (κ1) is 22.4. The maximum absolute atomic E-state index is 13.2. The minimum Gasteiger partial charge on any atom is -0.497 e. The highest BCUT2D eigenvalue weighted by molar-refractivity contribution is 7.91. The molecule has 31 heavy (non-hydrogen) atoms. The number of alkyl halides is 3. The van der Waals surface area contributed by atoms with Gasteiger partial charge in [-0.3, -0.25) is 4.79 Å². The molecule has 0 saturated heterocycles. The van der Waals surface area contributed by atoms with Crippen LogP contribution in [0.2, 0.25) is 0 Å². The van der Waals surface area contributed by atoms with Crippen LogP contribution >= 0.6 is 0 Å². The van der Waals surface area contributed by atoms with E-state index in [1.54, 1.807) is 0 Å². The quantitative estimate of drug-likeness (QED) is 0.578. The first-order valence-electron chi connectivity index (χ1n) is 8.99. The molecule has 6 nitrogen and oxygen atoms in total. The fourth-order valence-electron chi connectivity index (χ4n) is 2.87. The normalized spacial score (nSPS) is 12.9. The van der Waals surface area contributed by atoms with Crippen molar-refractivity contribution in [3.05, 3.63) is 83.8 Å². The van der Waals surface area contributed by atoms with E-state index in [-0.39, 0.29) is 22.8 Å². The van der Waals surface area contributed by atoms with Gasteiger partial charge in [0.25, 0.3) is 5.91 Å². The van der Waals surface area contributed by atoms with Crippen LogP contribution in [0.1, 0.15) is 26.9 Å². The van der Waals surface area contributed by atoms with E-state index in [4.69, 9.17) is 9.15 Å². The summed E-state index contributed by atoms with van der Waals surface area (Å²) >= 11 is 0. The van der Waals surface area contributed by atoms with E-state index in [1.165, 1.54) is 49.8 Å². The van der Waals surface area contributed by atoms with Crippen LogP contribution in [0.15, 0.2) is 76.2 Å². The Labute approximate surface area is 176 Å². The van der Waals surface area contributed by atoms with Crippen molar-refractivity contribution in [1.82, 2.24) is 5.32 Å². The van der Waals surface area contributed by atoms with Gasteiger partial charge in [-0.1, -0.05) is 0 Å². The number of hydrogen-bond acceptors (Lipinski definition) is 5. The Balaban J connectivity index is 1.81. The Morgan fingerprint density at radius 3 is 2.23 bits per heavy atom. The molecule has 0 fully saturated rings. The van der Waals surface area contributed by atoms with E-state index in [0.717, 1.165) is 24.3 Å². The second kappa shape index (κ2) is 8.84. The average molecular weight is 453 g/mol. The third-order valence-electron chi connectivity index (χ3n) is 4.55. The largest absolute Gasteiger partial charge is 0.497 e. The third-order valence-corrected chi connectivity index (χ3v) is 6.62. The number of ether oxygens (including phenoxy) is 1. The Kier molecular flexibility index (Phi) is 6.40.